The van der Waals surface area contributed by atoms with Crippen LogP contribution in [0.2, 0.25) is 0 Å². The van der Waals surface area contributed by atoms with Crippen molar-refractivity contribution in [3.8, 4) is 11.5 Å². The van der Waals surface area contributed by atoms with Crippen LogP contribution in [-0.4, -0.2) is 30.1 Å². The molecular formula is C23H23N3O5S2. The lowest BCUT2D eigenvalue weighted by atomic mass is 10.1. The number of nitrogens with one attached hydrogen (secondary N) is 1. The van der Waals surface area contributed by atoms with Gasteiger partial charge < -0.3 is 15.8 Å². The molecule has 0 aliphatic carbocycles. The van der Waals surface area contributed by atoms with Gasteiger partial charge in [-0.25, -0.2) is 4.98 Å². The van der Waals surface area contributed by atoms with E-state index in [1.807, 2.05) is 24.3 Å². The van der Waals surface area contributed by atoms with Crippen LogP contribution in [0.5, 0.6) is 11.5 Å². The Hall–Kier alpha value is -3.31. The highest BCUT2D eigenvalue weighted by molar-refractivity contribution is 7.85. The van der Waals surface area contributed by atoms with E-state index in [4.69, 9.17) is 15.0 Å². The lowest BCUT2D eigenvalue weighted by Crippen LogP contribution is -2.12. The van der Waals surface area contributed by atoms with Gasteiger partial charge in [0, 0.05) is 17.8 Å². The molecule has 8 nitrogen and oxygen atoms in total. The number of fused-ring (bicyclic) bond motifs is 1. The van der Waals surface area contributed by atoms with E-state index in [1.165, 1.54) is 27.4 Å². The summed E-state index contributed by atoms with van der Waals surface area (Å²) in [6, 6.07) is 19.6. The maximum absolute atomic E-state index is 11.0. The van der Waals surface area contributed by atoms with Crippen molar-refractivity contribution in [2.75, 3.05) is 6.26 Å². The maximum atomic E-state index is 11.0. The second-order valence-electron chi connectivity index (χ2n) is 7.08. The summed E-state index contributed by atoms with van der Waals surface area (Å²) in [5.41, 5.74) is 7.90. The van der Waals surface area contributed by atoms with Gasteiger partial charge in [0.15, 0.2) is 0 Å². The van der Waals surface area contributed by atoms with Gasteiger partial charge in [0.05, 0.1) is 12.5 Å². The summed E-state index contributed by atoms with van der Waals surface area (Å²) in [7, 11) is -3.67. The zero-order valence-electron chi connectivity index (χ0n) is 17.8. The van der Waals surface area contributed by atoms with Crippen molar-refractivity contribution in [1.29, 1.82) is 0 Å². The minimum atomic E-state index is -3.67. The Morgan fingerprint density at radius 2 is 1.73 bits per heavy atom. The van der Waals surface area contributed by atoms with Crippen molar-refractivity contribution in [2.24, 2.45) is 5.73 Å². The molecule has 2 heterocycles. The number of hydrogen-bond donors (Lipinski definition) is 3. The number of nitrogens with zero attached hydrogens (tertiary/aromatic N) is 1. The minimum Gasteiger partial charge on any atom is -0.456 e. The zero-order chi connectivity index (χ0) is 23.8. The number of hydrogen-bond acceptors (Lipinski definition) is 7. The highest BCUT2D eigenvalue weighted by Gasteiger charge is 2.05. The standard InChI is InChI=1S/C22H19N3O2S.CH4O3S/c23-22(26)20-10-9-18(13-25-20)27-17-7-5-15(6-8-17)11-24-12-16-14-28-21-4-2-1-3-19(16)21;1-5(2,3)4/h1-10,13-14,24H,11-12H2,(H2,23,26);1H3,(H,2,3,4). The van der Waals surface area contributed by atoms with E-state index in [9.17, 15) is 13.2 Å². The predicted molar refractivity (Wildman–Crippen MR) is 129 cm³/mol. The van der Waals surface area contributed by atoms with E-state index < -0.39 is 16.0 Å². The molecule has 172 valence electrons. The van der Waals surface area contributed by atoms with Gasteiger partial charge in [0.1, 0.15) is 17.2 Å². The van der Waals surface area contributed by atoms with Gasteiger partial charge in [0.2, 0.25) is 0 Å². The van der Waals surface area contributed by atoms with Gasteiger partial charge in [-0.1, -0.05) is 30.3 Å². The van der Waals surface area contributed by atoms with E-state index in [2.05, 4.69) is 39.9 Å². The topological polar surface area (TPSA) is 132 Å². The second-order valence-corrected chi connectivity index (χ2v) is 9.46. The molecule has 0 fully saturated rings. The molecule has 0 radical (unpaired) electrons. The lowest BCUT2D eigenvalue weighted by Gasteiger charge is -2.08. The molecule has 0 unspecified atom stereocenters. The summed E-state index contributed by atoms with van der Waals surface area (Å²) in [6.07, 6.45) is 2.20. The Morgan fingerprint density at radius 3 is 2.36 bits per heavy atom. The fourth-order valence-corrected chi connectivity index (χ4v) is 3.87. The summed E-state index contributed by atoms with van der Waals surface area (Å²) in [5, 5.41) is 7.03. The van der Waals surface area contributed by atoms with E-state index in [1.54, 1.807) is 23.5 Å². The SMILES string of the molecule is CS(=O)(=O)O.NC(=O)c1ccc(Oc2ccc(CNCc3csc4ccccc34)cc2)cn1. The highest BCUT2D eigenvalue weighted by Crippen LogP contribution is 2.25. The Labute approximate surface area is 195 Å². The Balaban J connectivity index is 0.000000555. The van der Waals surface area contributed by atoms with Crippen LogP contribution in [-0.2, 0) is 23.2 Å². The van der Waals surface area contributed by atoms with Gasteiger partial charge in [-0.15, -0.1) is 11.3 Å². The third-order valence-corrected chi connectivity index (χ3v) is 5.37. The number of aromatic nitrogens is 1. The normalized spacial score (nSPS) is 11.0. The van der Waals surface area contributed by atoms with Gasteiger partial charge in [-0.3, -0.25) is 9.35 Å². The molecule has 0 saturated heterocycles. The molecule has 0 aliphatic rings. The van der Waals surface area contributed by atoms with Gasteiger partial charge in [-0.05, 0) is 52.2 Å². The van der Waals surface area contributed by atoms with Crippen LogP contribution in [0.3, 0.4) is 0 Å². The molecule has 4 rings (SSSR count). The number of thiophene rings is 1. The quantitative estimate of drug-likeness (QED) is 0.337. The van der Waals surface area contributed by atoms with E-state index in [0.717, 1.165) is 13.1 Å². The second kappa shape index (κ2) is 11.0. The van der Waals surface area contributed by atoms with Crippen LogP contribution in [0, 0.1) is 0 Å². The average Bonchev–Trinajstić information content (AvgIpc) is 3.17. The monoisotopic (exact) mass is 485 g/mol. The summed E-state index contributed by atoms with van der Waals surface area (Å²) >= 11 is 1.78. The van der Waals surface area contributed by atoms with Gasteiger partial charge in [0.25, 0.3) is 16.0 Å². The third-order valence-electron chi connectivity index (χ3n) is 4.35. The first-order chi connectivity index (χ1) is 15.7. The van der Waals surface area contributed by atoms with Crippen molar-refractivity contribution in [2.45, 2.75) is 13.1 Å². The number of nitrogens with two attached hydrogens (primary N) is 1. The highest BCUT2D eigenvalue weighted by atomic mass is 32.2. The van der Waals surface area contributed by atoms with Crippen molar-refractivity contribution in [3.63, 3.8) is 0 Å². The molecule has 10 heteroatoms. The van der Waals surface area contributed by atoms with Gasteiger partial charge >= 0.3 is 0 Å². The van der Waals surface area contributed by atoms with Crippen molar-refractivity contribution in [3.05, 3.63) is 89.1 Å². The number of carbonyl (C=O) groups is 1. The number of amides is 1. The molecule has 0 bridgehead atoms. The van der Waals surface area contributed by atoms with Crippen LogP contribution in [0.4, 0.5) is 0 Å². The minimum absolute atomic E-state index is 0.215. The van der Waals surface area contributed by atoms with E-state index >= 15 is 0 Å². The fourth-order valence-electron chi connectivity index (χ4n) is 2.91. The Morgan fingerprint density at radius 1 is 1.06 bits per heavy atom. The molecule has 1 amide bonds. The largest absolute Gasteiger partial charge is 0.456 e. The molecule has 2 aromatic carbocycles. The first-order valence-corrected chi connectivity index (χ1v) is 12.5. The fraction of sp³-hybridized carbons (Fsp3) is 0.130. The molecule has 4 aromatic rings. The van der Waals surface area contributed by atoms with Crippen LogP contribution < -0.4 is 15.8 Å². The maximum Gasteiger partial charge on any atom is 0.267 e. The molecule has 0 spiro atoms. The van der Waals surface area contributed by atoms with Gasteiger partial charge in [-0.2, -0.15) is 8.42 Å². The molecule has 33 heavy (non-hydrogen) atoms. The van der Waals surface area contributed by atoms with Crippen LogP contribution >= 0.6 is 11.3 Å². The van der Waals surface area contributed by atoms with Crippen molar-refractivity contribution < 1.29 is 22.5 Å². The first-order valence-electron chi connectivity index (χ1n) is 9.80. The Kier molecular flexibility index (Phi) is 8.12. The summed E-state index contributed by atoms with van der Waals surface area (Å²) in [6.45, 7) is 1.61. The average molecular weight is 486 g/mol. The number of ether oxygens (including phenoxy) is 1. The Bertz CT molecular complexity index is 1310. The van der Waals surface area contributed by atoms with E-state index in [-0.39, 0.29) is 5.69 Å². The molecule has 4 N–H and O–H groups in total. The number of pyridine rings is 1. The number of primary amides is 1. The molecule has 0 aliphatic heterocycles. The summed E-state index contributed by atoms with van der Waals surface area (Å²) < 4.78 is 32.9. The van der Waals surface area contributed by atoms with Crippen LogP contribution in [0.1, 0.15) is 21.6 Å². The van der Waals surface area contributed by atoms with Crippen LogP contribution in [0.15, 0.2) is 72.2 Å². The third kappa shape index (κ3) is 7.95. The zero-order valence-corrected chi connectivity index (χ0v) is 19.4. The molecular weight excluding hydrogens is 462 g/mol. The van der Waals surface area contributed by atoms with Crippen molar-refractivity contribution in [1.82, 2.24) is 10.3 Å². The lowest BCUT2D eigenvalue weighted by molar-refractivity contribution is 0.0995. The number of benzene rings is 2. The molecule has 2 aromatic heterocycles. The van der Waals surface area contributed by atoms with E-state index in [0.29, 0.717) is 17.8 Å². The predicted octanol–water partition coefficient (Wildman–Crippen LogP) is 3.98. The van der Waals surface area contributed by atoms with Crippen molar-refractivity contribution >= 4 is 37.4 Å². The molecule has 0 atom stereocenters. The smallest absolute Gasteiger partial charge is 0.267 e. The molecule has 0 saturated carbocycles. The summed E-state index contributed by atoms with van der Waals surface area (Å²) in [5.74, 6) is 0.709. The summed E-state index contributed by atoms with van der Waals surface area (Å²) in [4.78, 5) is 15.0. The number of rotatable bonds is 7. The van der Waals surface area contributed by atoms with Crippen LogP contribution in [0.25, 0.3) is 10.1 Å². The first kappa shape index (κ1) is 24.3. The number of carbonyl (C=O) groups excluding carboxylic acids is 1.